The second-order valence-corrected chi connectivity index (χ2v) is 6.50. The summed E-state index contributed by atoms with van der Waals surface area (Å²) in [6, 6.07) is 12.8. The summed E-state index contributed by atoms with van der Waals surface area (Å²) in [6.07, 6.45) is 0. The summed E-state index contributed by atoms with van der Waals surface area (Å²) in [7, 11) is 1.67. The molecule has 3 nitrogen and oxygen atoms in total. The van der Waals surface area contributed by atoms with Crippen LogP contribution in [0.2, 0.25) is 0 Å². The molecule has 0 aliphatic carbocycles. The molecule has 21 heavy (non-hydrogen) atoms. The van der Waals surface area contributed by atoms with E-state index in [2.05, 4.69) is 31.3 Å². The fraction of sp³-hybridized carbons (Fsp3) is 0.412. The minimum Gasteiger partial charge on any atom is -0.497 e. The summed E-state index contributed by atoms with van der Waals surface area (Å²) in [4.78, 5) is 2.62. The van der Waals surface area contributed by atoms with Gasteiger partial charge in [0.05, 0.1) is 20.3 Å². The second kappa shape index (κ2) is 8.17. The molecule has 0 amide bonds. The summed E-state index contributed by atoms with van der Waals surface area (Å²) in [6.45, 7) is 6.54. The number of rotatable bonds is 8. The zero-order valence-corrected chi connectivity index (χ0v) is 13.7. The van der Waals surface area contributed by atoms with Gasteiger partial charge in [-0.3, -0.25) is 0 Å². The average Bonchev–Trinajstić information content (AvgIpc) is 2.94. The minimum absolute atomic E-state index is 0.516. The van der Waals surface area contributed by atoms with Gasteiger partial charge in [-0.1, -0.05) is 26.0 Å². The van der Waals surface area contributed by atoms with E-state index in [-0.39, 0.29) is 0 Å². The highest BCUT2D eigenvalue weighted by molar-refractivity contribution is 7.11. The van der Waals surface area contributed by atoms with Gasteiger partial charge >= 0.3 is 0 Å². The van der Waals surface area contributed by atoms with Gasteiger partial charge in [0.25, 0.3) is 0 Å². The minimum atomic E-state index is 0.516. The molecule has 1 aromatic carbocycles. The van der Waals surface area contributed by atoms with E-state index in [4.69, 9.17) is 9.47 Å². The number of hydrogen-bond donors (Lipinski definition) is 1. The molecule has 0 saturated carbocycles. The Bertz CT molecular complexity index is 534. The Morgan fingerprint density at radius 2 is 1.71 bits per heavy atom. The Morgan fingerprint density at radius 3 is 2.38 bits per heavy atom. The van der Waals surface area contributed by atoms with Crippen LogP contribution >= 0.6 is 11.3 Å². The van der Waals surface area contributed by atoms with Crippen molar-refractivity contribution in [2.75, 3.05) is 7.11 Å². The molecule has 0 saturated heterocycles. The number of thiophene rings is 1. The van der Waals surface area contributed by atoms with E-state index in [0.29, 0.717) is 19.3 Å². The third kappa shape index (κ3) is 5.50. The van der Waals surface area contributed by atoms with Gasteiger partial charge in [-0.2, -0.15) is 0 Å². The number of benzene rings is 1. The van der Waals surface area contributed by atoms with Gasteiger partial charge < -0.3 is 14.8 Å². The predicted molar refractivity (Wildman–Crippen MR) is 87.8 cm³/mol. The summed E-state index contributed by atoms with van der Waals surface area (Å²) in [5.74, 6) is 0.874. The monoisotopic (exact) mass is 305 g/mol. The lowest BCUT2D eigenvalue weighted by atomic mass is 10.2. The fourth-order valence-electron chi connectivity index (χ4n) is 1.89. The molecule has 1 N–H and O–H groups in total. The molecular weight excluding hydrogens is 282 g/mol. The molecule has 2 aromatic rings. The largest absolute Gasteiger partial charge is 0.497 e. The van der Waals surface area contributed by atoms with E-state index in [9.17, 15) is 0 Å². The van der Waals surface area contributed by atoms with E-state index in [1.54, 1.807) is 7.11 Å². The molecule has 0 unspecified atom stereocenters. The van der Waals surface area contributed by atoms with Crippen LogP contribution in [0, 0.1) is 0 Å². The van der Waals surface area contributed by atoms with Gasteiger partial charge in [-0.25, -0.2) is 0 Å². The zero-order chi connectivity index (χ0) is 15.1. The molecule has 0 aliphatic heterocycles. The molecule has 114 valence electrons. The van der Waals surface area contributed by atoms with Crippen LogP contribution in [0.4, 0.5) is 0 Å². The number of hydrogen-bond acceptors (Lipinski definition) is 4. The average molecular weight is 305 g/mol. The molecule has 0 bridgehead atoms. The summed E-state index contributed by atoms with van der Waals surface area (Å²) in [5.41, 5.74) is 1.16. The van der Waals surface area contributed by atoms with Crippen molar-refractivity contribution < 1.29 is 9.47 Å². The van der Waals surface area contributed by atoms with Gasteiger partial charge in [-0.05, 0) is 29.8 Å². The third-order valence-corrected chi connectivity index (χ3v) is 4.13. The molecule has 0 radical (unpaired) electrons. The van der Waals surface area contributed by atoms with E-state index in [0.717, 1.165) is 17.9 Å². The van der Waals surface area contributed by atoms with Crippen molar-refractivity contribution in [3.63, 3.8) is 0 Å². The van der Waals surface area contributed by atoms with Gasteiger partial charge in [0.2, 0.25) is 0 Å². The standard InChI is InChI=1S/C17H23NO2S/c1-13(2)18-10-16-8-9-17(21-16)12-20-11-14-4-6-15(19-3)7-5-14/h4-9,13,18H,10-12H2,1-3H3. The van der Waals surface area contributed by atoms with Crippen LogP contribution in [0.1, 0.15) is 29.2 Å². The first-order valence-corrected chi connectivity index (χ1v) is 8.00. The molecule has 0 atom stereocenters. The molecule has 0 fully saturated rings. The third-order valence-electron chi connectivity index (χ3n) is 3.07. The summed E-state index contributed by atoms with van der Waals surface area (Å²) < 4.78 is 10.9. The van der Waals surface area contributed by atoms with Crippen LogP contribution in [0.5, 0.6) is 5.75 Å². The van der Waals surface area contributed by atoms with Crippen LogP contribution in [-0.4, -0.2) is 13.2 Å². The lowest BCUT2D eigenvalue weighted by molar-refractivity contribution is 0.109. The topological polar surface area (TPSA) is 30.5 Å². The van der Waals surface area contributed by atoms with Gasteiger partial charge in [0, 0.05) is 22.3 Å². The van der Waals surface area contributed by atoms with Crippen molar-refractivity contribution in [2.45, 2.75) is 39.6 Å². The zero-order valence-electron chi connectivity index (χ0n) is 12.9. The molecule has 1 aromatic heterocycles. The number of ether oxygens (including phenoxy) is 2. The highest BCUT2D eigenvalue weighted by Crippen LogP contribution is 2.18. The van der Waals surface area contributed by atoms with Gasteiger partial charge in [-0.15, -0.1) is 11.3 Å². The van der Waals surface area contributed by atoms with E-state index < -0.39 is 0 Å². The Kier molecular flexibility index (Phi) is 6.23. The van der Waals surface area contributed by atoms with Crippen molar-refractivity contribution >= 4 is 11.3 Å². The van der Waals surface area contributed by atoms with E-state index in [1.807, 2.05) is 35.6 Å². The lowest BCUT2D eigenvalue weighted by Crippen LogP contribution is -2.21. The Morgan fingerprint density at radius 1 is 1.00 bits per heavy atom. The molecule has 0 spiro atoms. The van der Waals surface area contributed by atoms with Crippen molar-refractivity contribution in [3.8, 4) is 5.75 Å². The van der Waals surface area contributed by atoms with Crippen LogP contribution in [0.3, 0.4) is 0 Å². The maximum atomic E-state index is 5.77. The second-order valence-electron chi connectivity index (χ2n) is 5.24. The number of methoxy groups -OCH3 is 1. The maximum Gasteiger partial charge on any atom is 0.118 e. The Balaban J connectivity index is 1.75. The van der Waals surface area contributed by atoms with Crippen LogP contribution in [-0.2, 0) is 24.5 Å². The normalized spacial score (nSPS) is 11.0. The maximum absolute atomic E-state index is 5.77. The lowest BCUT2D eigenvalue weighted by Gasteiger charge is -2.06. The first-order chi connectivity index (χ1) is 10.2. The number of nitrogens with one attached hydrogen (secondary N) is 1. The molecule has 1 heterocycles. The Hall–Kier alpha value is -1.36. The SMILES string of the molecule is COc1ccc(COCc2ccc(CNC(C)C)s2)cc1. The molecular formula is C17H23NO2S. The van der Waals surface area contributed by atoms with Crippen LogP contribution < -0.4 is 10.1 Å². The van der Waals surface area contributed by atoms with Crippen LogP contribution in [0.15, 0.2) is 36.4 Å². The molecule has 4 heteroatoms. The first-order valence-electron chi connectivity index (χ1n) is 7.19. The summed E-state index contributed by atoms with van der Waals surface area (Å²) >= 11 is 1.81. The van der Waals surface area contributed by atoms with Gasteiger partial charge in [0.1, 0.15) is 5.75 Å². The smallest absolute Gasteiger partial charge is 0.118 e. The Labute approximate surface area is 130 Å². The molecule has 2 rings (SSSR count). The van der Waals surface area contributed by atoms with Crippen molar-refractivity contribution in [2.24, 2.45) is 0 Å². The van der Waals surface area contributed by atoms with E-state index >= 15 is 0 Å². The van der Waals surface area contributed by atoms with Crippen LogP contribution in [0.25, 0.3) is 0 Å². The first kappa shape index (κ1) is 16.0. The van der Waals surface area contributed by atoms with Gasteiger partial charge in [0.15, 0.2) is 0 Å². The predicted octanol–water partition coefficient (Wildman–Crippen LogP) is 3.97. The van der Waals surface area contributed by atoms with E-state index in [1.165, 1.54) is 9.75 Å². The van der Waals surface area contributed by atoms with Crippen molar-refractivity contribution in [1.29, 1.82) is 0 Å². The highest BCUT2D eigenvalue weighted by atomic mass is 32.1. The summed E-state index contributed by atoms with van der Waals surface area (Å²) in [5, 5.41) is 3.43. The highest BCUT2D eigenvalue weighted by Gasteiger charge is 2.02. The quantitative estimate of drug-likeness (QED) is 0.800. The fourth-order valence-corrected chi connectivity index (χ4v) is 2.80. The van der Waals surface area contributed by atoms with Crippen molar-refractivity contribution in [3.05, 3.63) is 51.7 Å². The van der Waals surface area contributed by atoms with Crippen molar-refractivity contribution in [1.82, 2.24) is 5.32 Å². The molecule has 0 aliphatic rings.